The third-order valence-electron chi connectivity index (χ3n) is 6.15. The van der Waals surface area contributed by atoms with Crippen LogP contribution in [0.5, 0.6) is 5.75 Å². The van der Waals surface area contributed by atoms with E-state index in [1.54, 1.807) is 31.6 Å². The van der Waals surface area contributed by atoms with Crippen molar-refractivity contribution in [3.63, 3.8) is 0 Å². The molecule has 1 atom stereocenters. The fourth-order valence-corrected chi connectivity index (χ4v) is 5.50. The third kappa shape index (κ3) is 5.03. The van der Waals surface area contributed by atoms with Crippen LogP contribution in [0.25, 0.3) is 0 Å². The van der Waals surface area contributed by atoms with Crippen molar-refractivity contribution in [3.8, 4) is 5.75 Å². The summed E-state index contributed by atoms with van der Waals surface area (Å²) < 4.78 is 11.2. The minimum absolute atomic E-state index is 0.320. The number of allylic oxidation sites excluding steroid dienone is 1. The number of carbonyl (C=O) groups is 2. The van der Waals surface area contributed by atoms with E-state index in [1.807, 2.05) is 56.3 Å². The van der Waals surface area contributed by atoms with E-state index in [1.165, 1.54) is 11.8 Å². The molecule has 0 bridgehead atoms. The lowest BCUT2D eigenvalue weighted by Crippen LogP contribution is -2.31. The number of aliphatic imine (C=N–C) groups is 1. The van der Waals surface area contributed by atoms with Crippen molar-refractivity contribution in [1.29, 1.82) is 0 Å². The van der Waals surface area contributed by atoms with Crippen molar-refractivity contribution in [2.24, 2.45) is 4.99 Å². The Morgan fingerprint density at radius 2 is 1.78 bits per heavy atom. The topological polar surface area (TPSA) is 105 Å². The van der Waals surface area contributed by atoms with Gasteiger partial charge in [-0.25, -0.2) is 9.79 Å². The molecule has 9 heteroatoms. The molecule has 0 saturated heterocycles. The summed E-state index contributed by atoms with van der Waals surface area (Å²) >= 11 is 1.52. The number of hydrogen-bond donors (Lipinski definition) is 3. The van der Waals surface area contributed by atoms with E-state index in [-0.39, 0.29) is 11.9 Å². The standard InChI is InChI=1S/C28H26N4O4S/c1-16-10-12-18(13-11-16)30-28(34)32-20-15-37-27-24(20)25(22-9-6-14-36-22)23(17(2)29-27)26(33)31-19-7-4-5-8-21(19)35-3/h4-14,25H,15H2,1-3H3,(H,31,33)(H2,30,32,34). The first-order valence-corrected chi connectivity index (χ1v) is 12.7. The highest BCUT2D eigenvalue weighted by molar-refractivity contribution is 8.15. The van der Waals surface area contributed by atoms with Crippen LogP contribution in [0.4, 0.5) is 16.2 Å². The first kappa shape index (κ1) is 24.5. The quantitative estimate of drug-likeness (QED) is 0.384. The van der Waals surface area contributed by atoms with Crippen molar-refractivity contribution in [3.05, 3.63) is 101 Å². The summed E-state index contributed by atoms with van der Waals surface area (Å²) in [6.07, 6.45) is 1.58. The molecular formula is C28H26N4O4S. The molecule has 3 aromatic rings. The number of fused-ring (bicyclic) bond motifs is 1. The maximum absolute atomic E-state index is 13.7. The molecule has 2 aliphatic heterocycles. The van der Waals surface area contributed by atoms with E-state index in [9.17, 15) is 9.59 Å². The van der Waals surface area contributed by atoms with Crippen molar-refractivity contribution < 1.29 is 18.7 Å². The molecule has 0 spiro atoms. The summed E-state index contributed by atoms with van der Waals surface area (Å²) in [5.41, 5.74) is 4.82. The Balaban J connectivity index is 1.49. The van der Waals surface area contributed by atoms with Gasteiger partial charge in [0.25, 0.3) is 5.91 Å². The first-order chi connectivity index (χ1) is 17.9. The van der Waals surface area contributed by atoms with Crippen LogP contribution in [0.15, 0.2) is 98.9 Å². The molecule has 1 aromatic heterocycles. The largest absolute Gasteiger partial charge is 0.495 e. The lowest BCUT2D eigenvalue weighted by atomic mass is 9.84. The number of urea groups is 1. The van der Waals surface area contributed by atoms with E-state index in [2.05, 4.69) is 16.0 Å². The molecule has 0 fully saturated rings. The minimum atomic E-state index is -0.540. The van der Waals surface area contributed by atoms with Gasteiger partial charge in [0.2, 0.25) is 0 Å². The number of aryl methyl sites for hydroxylation is 1. The Hall–Kier alpha value is -4.24. The van der Waals surface area contributed by atoms with E-state index in [4.69, 9.17) is 14.1 Å². The second-order valence-electron chi connectivity index (χ2n) is 8.64. The number of benzene rings is 2. The van der Waals surface area contributed by atoms with Crippen molar-refractivity contribution in [1.82, 2.24) is 5.32 Å². The van der Waals surface area contributed by atoms with Crippen LogP contribution < -0.4 is 20.7 Å². The van der Waals surface area contributed by atoms with Gasteiger partial charge in [0, 0.05) is 28.4 Å². The van der Waals surface area contributed by atoms with Crippen LogP contribution in [-0.2, 0) is 4.79 Å². The molecule has 2 aromatic carbocycles. The van der Waals surface area contributed by atoms with Gasteiger partial charge in [0.05, 0.1) is 30.6 Å². The third-order valence-corrected chi connectivity index (χ3v) is 7.16. The lowest BCUT2D eigenvalue weighted by molar-refractivity contribution is -0.113. The van der Waals surface area contributed by atoms with Gasteiger partial charge in [0.15, 0.2) is 0 Å². The zero-order chi connectivity index (χ0) is 25.9. The van der Waals surface area contributed by atoms with Crippen LogP contribution in [-0.4, -0.2) is 29.8 Å². The Morgan fingerprint density at radius 3 is 2.51 bits per heavy atom. The maximum atomic E-state index is 13.7. The highest BCUT2D eigenvalue weighted by Crippen LogP contribution is 2.46. The number of methoxy groups -OCH3 is 1. The number of amides is 3. The molecule has 3 amide bonds. The van der Waals surface area contributed by atoms with Crippen LogP contribution in [0, 0.1) is 6.92 Å². The Kier molecular flexibility index (Phi) is 6.87. The number of furan rings is 1. The molecule has 0 radical (unpaired) electrons. The van der Waals surface area contributed by atoms with E-state index < -0.39 is 5.92 Å². The van der Waals surface area contributed by atoms with Gasteiger partial charge in [-0.05, 0) is 50.2 Å². The normalized spacial score (nSPS) is 16.7. The van der Waals surface area contributed by atoms with E-state index >= 15 is 0 Å². The zero-order valence-corrected chi connectivity index (χ0v) is 21.4. The van der Waals surface area contributed by atoms with Gasteiger partial charge >= 0.3 is 6.03 Å². The number of ether oxygens (including phenoxy) is 1. The molecule has 5 rings (SSSR count). The number of carbonyl (C=O) groups excluding carboxylic acids is 2. The summed E-state index contributed by atoms with van der Waals surface area (Å²) in [5, 5.41) is 9.58. The van der Waals surface area contributed by atoms with E-state index in [0.29, 0.717) is 45.6 Å². The fraction of sp³-hybridized carbons (Fsp3) is 0.179. The Morgan fingerprint density at radius 1 is 1.00 bits per heavy atom. The summed E-state index contributed by atoms with van der Waals surface area (Å²) in [6, 6.07) is 18.0. The molecule has 8 nitrogen and oxygen atoms in total. The van der Waals surface area contributed by atoms with Gasteiger partial charge in [-0.3, -0.25) is 4.79 Å². The molecule has 37 heavy (non-hydrogen) atoms. The van der Waals surface area contributed by atoms with Crippen LogP contribution in [0.2, 0.25) is 0 Å². The number of thioether (sulfide) groups is 1. The zero-order valence-electron chi connectivity index (χ0n) is 20.6. The monoisotopic (exact) mass is 514 g/mol. The van der Waals surface area contributed by atoms with Crippen LogP contribution in [0.3, 0.4) is 0 Å². The second-order valence-corrected chi connectivity index (χ2v) is 9.61. The summed E-state index contributed by atoms with van der Waals surface area (Å²) in [6.45, 7) is 3.80. The van der Waals surface area contributed by atoms with Crippen molar-refractivity contribution in [2.75, 3.05) is 23.5 Å². The predicted molar refractivity (Wildman–Crippen MR) is 146 cm³/mol. The highest BCUT2D eigenvalue weighted by Gasteiger charge is 2.41. The van der Waals surface area contributed by atoms with Gasteiger partial charge < -0.3 is 25.1 Å². The number of nitrogens with one attached hydrogen (secondary N) is 3. The first-order valence-electron chi connectivity index (χ1n) is 11.7. The van der Waals surface area contributed by atoms with Gasteiger partial charge in [-0.1, -0.05) is 41.6 Å². The van der Waals surface area contributed by atoms with Crippen LogP contribution in [0.1, 0.15) is 24.2 Å². The van der Waals surface area contributed by atoms with Gasteiger partial charge in [-0.2, -0.15) is 0 Å². The lowest BCUT2D eigenvalue weighted by Gasteiger charge is -2.26. The smallest absolute Gasteiger partial charge is 0.323 e. The number of para-hydroxylation sites is 2. The molecule has 188 valence electrons. The van der Waals surface area contributed by atoms with Crippen LogP contribution >= 0.6 is 11.8 Å². The second kappa shape index (κ2) is 10.4. The Bertz CT molecular complexity index is 1440. The number of anilines is 2. The molecule has 3 heterocycles. The SMILES string of the molecule is COc1ccccc1NC(=O)C1=C(C)N=C2SCC(NC(=O)Nc3ccc(C)cc3)=C2C1c1ccco1. The molecule has 0 aliphatic carbocycles. The molecule has 0 saturated carbocycles. The minimum Gasteiger partial charge on any atom is -0.495 e. The highest BCUT2D eigenvalue weighted by atomic mass is 32.2. The number of nitrogens with zero attached hydrogens (tertiary/aromatic N) is 1. The predicted octanol–water partition coefficient (Wildman–Crippen LogP) is 5.83. The maximum Gasteiger partial charge on any atom is 0.323 e. The van der Waals surface area contributed by atoms with Crippen molar-refractivity contribution >= 4 is 40.1 Å². The number of rotatable bonds is 6. The number of hydrogen-bond acceptors (Lipinski definition) is 6. The van der Waals surface area contributed by atoms with Gasteiger partial charge in [-0.15, -0.1) is 0 Å². The Labute approximate surface area is 218 Å². The van der Waals surface area contributed by atoms with E-state index in [0.717, 1.165) is 16.2 Å². The summed E-state index contributed by atoms with van der Waals surface area (Å²) in [5.74, 6) is 0.796. The summed E-state index contributed by atoms with van der Waals surface area (Å²) in [7, 11) is 1.55. The average Bonchev–Trinajstić information content (AvgIpc) is 3.55. The molecule has 1 unspecified atom stereocenters. The average molecular weight is 515 g/mol. The van der Waals surface area contributed by atoms with Crippen molar-refractivity contribution in [2.45, 2.75) is 19.8 Å². The molecular weight excluding hydrogens is 488 g/mol. The van der Waals surface area contributed by atoms with Gasteiger partial charge in [0.1, 0.15) is 16.6 Å². The summed E-state index contributed by atoms with van der Waals surface area (Å²) in [4.78, 5) is 31.3. The molecule has 2 aliphatic rings. The molecule has 3 N–H and O–H groups in total. The fourth-order valence-electron chi connectivity index (χ4n) is 4.39.